The van der Waals surface area contributed by atoms with E-state index in [-0.39, 0.29) is 16.4 Å². The molecular weight excluding hydrogens is 355 g/mol. The number of carbonyl (C=O) groups excluding carboxylic acids is 1. The van der Waals surface area contributed by atoms with Gasteiger partial charge in [0, 0.05) is 12.1 Å². The Bertz CT molecular complexity index is 857. The Morgan fingerprint density at radius 1 is 1.04 bits per heavy atom. The monoisotopic (exact) mass is 364 g/mol. The summed E-state index contributed by atoms with van der Waals surface area (Å²) in [7, 11) is 0. The van der Waals surface area contributed by atoms with Crippen molar-refractivity contribution in [1.29, 1.82) is 0 Å². The average molecular weight is 364 g/mol. The number of benzene rings is 2. The van der Waals surface area contributed by atoms with E-state index in [1.165, 1.54) is 18.2 Å². The van der Waals surface area contributed by atoms with Crippen LogP contribution < -0.4 is 10.6 Å². The summed E-state index contributed by atoms with van der Waals surface area (Å²) in [6, 6.07) is 8.03. The molecule has 0 aliphatic heterocycles. The maximum absolute atomic E-state index is 13.5. The van der Waals surface area contributed by atoms with Crippen molar-refractivity contribution in [1.82, 2.24) is 5.32 Å². The summed E-state index contributed by atoms with van der Waals surface area (Å²) in [6.07, 6.45) is 0. The lowest BCUT2D eigenvalue weighted by Crippen LogP contribution is -2.34. The molecule has 2 aromatic carbocycles. The van der Waals surface area contributed by atoms with Gasteiger partial charge in [-0.1, -0.05) is 12.1 Å². The lowest BCUT2D eigenvalue weighted by molar-refractivity contribution is -0.394. The summed E-state index contributed by atoms with van der Waals surface area (Å²) >= 11 is 4.86. The third-order valence-electron chi connectivity index (χ3n) is 2.94. The minimum absolute atomic E-state index is 0.0119. The quantitative estimate of drug-likeness (QED) is 0.485. The van der Waals surface area contributed by atoms with Crippen LogP contribution in [0.3, 0.4) is 0 Å². The Labute approximate surface area is 144 Å². The van der Waals surface area contributed by atoms with Crippen LogP contribution in [0.25, 0.3) is 0 Å². The number of hydrogen-bond acceptors (Lipinski definition) is 6. The minimum atomic E-state index is -0.916. The molecule has 2 rings (SSSR count). The highest BCUT2D eigenvalue weighted by Gasteiger charge is 2.20. The number of halogens is 1. The first-order valence-electron chi connectivity index (χ1n) is 6.58. The summed E-state index contributed by atoms with van der Waals surface area (Å²) in [5.74, 6) is -1.52. The predicted octanol–water partition coefficient (Wildman–Crippen LogP) is 2.77. The molecule has 11 heteroatoms. The van der Waals surface area contributed by atoms with Crippen molar-refractivity contribution in [2.45, 2.75) is 0 Å². The molecule has 0 radical (unpaired) electrons. The van der Waals surface area contributed by atoms with E-state index in [2.05, 4.69) is 10.6 Å². The lowest BCUT2D eigenvalue weighted by atomic mass is 10.1. The van der Waals surface area contributed by atoms with Crippen LogP contribution >= 0.6 is 12.2 Å². The Hall–Kier alpha value is -3.47. The number of para-hydroxylation sites is 1. The van der Waals surface area contributed by atoms with Crippen LogP contribution in [-0.2, 0) is 0 Å². The molecule has 0 saturated heterocycles. The summed E-state index contributed by atoms with van der Waals surface area (Å²) in [5.41, 5.74) is -1.56. The Morgan fingerprint density at radius 3 is 2.12 bits per heavy atom. The van der Waals surface area contributed by atoms with E-state index in [0.29, 0.717) is 0 Å². The molecule has 128 valence electrons. The van der Waals surface area contributed by atoms with Crippen molar-refractivity contribution < 1.29 is 19.0 Å². The molecule has 2 aromatic rings. The van der Waals surface area contributed by atoms with Crippen LogP contribution in [0.1, 0.15) is 10.4 Å². The molecule has 0 aromatic heterocycles. The minimum Gasteiger partial charge on any atom is -0.330 e. The van der Waals surface area contributed by atoms with E-state index in [0.717, 1.165) is 18.2 Å². The maximum Gasteiger partial charge on any atom is 0.277 e. The smallest absolute Gasteiger partial charge is 0.277 e. The first-order valence-corrected chi connectivity index (χ1v) is 6.99. The molecule has 0 heterocycles. The first kappa shape index (κ1) is 17.9. The highest BCUT2D eigenvalue weighted by Crippen LogP contribution is 2.22. The fourth-order valence-corrected chi connectivity index (χ4v) is 2.03. The molecule has 0 bridgehead atoms. The second-order valence-electron chi connectivity index (χ2n) is 4.64. The van der Waals surface area contributed by atoms with Gasteiger partial charge in [0.05, 0.1) is 27.2 Å². The Balaban J connectivity index is 2.20. The van der Waals surface area contributed by atoms with Crippen LogP contribution in [0, 0.1) is 26.0 Å². The topological polar surface area (TPSA) is 127 Å². The molecule has 0 aliphatic rings. The summed E-state index contributed by atoms with van der Waals surface area (Å²) in [4.78, 5) is 32.0. The predicted molar refractivity (Wildman–Crippen MR) is 89.8 cm³/mol. The van der Waals surface area contributed by atoms with Gasteiger partial charge in [0.15, 0.2) is 5.11 Å². The Kier molecular flexibility index (Phi) is 5.29. The average Bonchev–Trinajstić information content (AvgIpc) is 2.56. The van der Waals surface area contributed by atoms with E-state index in [1.54, 1.807) is 6.07 Å². The van der Waals surface area contributed by atoms with Crippen molar-refractivity contribution in [3.63, 3.8) is 0 Å². The summed E-state index contributed by atoms with van der Waals surface area (Å²) in [5, 5.41) is 26.0. The van der Waals surface area contributed by atoms with Gasteiger partial charge < -0.3 is 5.32 Å². The zero-order valence-electron chi connectivity index (χ0n) is 12.3. The molecule has 0 unspecified atom stereocenters. The van der Waals surface area contributed by atoms with Gasteiger partial charge in [0.2, 0.25) is 0 Å². The van der Waals surface area contributed by atoms with Gasteiger partial charge in [-0.15, -0.1) is 0 Å². The molecule has 0 aliphatic carbocycles. The molecule has 2 N–H and O–H groups in total. The highest BCUT2D eigenvalue weighted by atomic mass is 32.1. The zero-order valence-corrected chi connectivity index (χ0v) is 13.1. The van der Waals surface area contributed by atoms with Crippen LogP contribution in [0.4, 0.5) is 21.5 Å². The van der Waals surface area contributed by atoms with Gasteiger partial charge in [-0.25, -0.2) is 4.39 Å². The summed E-state index contributed by atoms with van der Waals surface area (Å²) < 4.78 is 13.5. The number of amides is 1. The number of thiocarbonyl (C=S) groups is 1. The number of nitrogens with one attached hydrogen (secondary N) is 2. The van der Waals surface area contributed by atoms with E-state index in [4.69, 9.17) is 12.2 Å². The van der Waals surface area contributed by atoms with Crippen molar-refractivity contribution in [3.8, 4) is 0 Å². The van der Waals surface area contributed by atoms with Crippen LogP contribution in [-0.4, -0.2) is 20.9 Å². The third-order valence-corrected chi connectivity index (χ3v) is 3.14. The SMILES string of the molecule is O=C(NC(=S)Nc1ccccc1F)c1cc([N+](=O)[O-])cc([N+](=O)[O-])c1. The normalized spacial score (nSPS) is 9.96. The third kappa shape index (κ3) is 4.51. The number of nitrogens with zero attached hydrogens (tertiary/aromatic N) is 2. The van der Waals surface area contributed by atoms with Gasteiger partial charge in [-0.05, 0) is 24.4 Å². The second-order valence-corrected chi connectivity index (χ2v) is 5.05. The summed E-state index contributed by atoms with van der Waals surface area (Å²) in [6.45, 7) is 0. The molecule has 0 fully saturated rings. The number of nitro benzene ring substituents is 2. The van der Waals surface area contributed by atoms with Gasteiger partial charge >= 0.3 is 0 Å². The van der Waals surface area contributed by atoms with E-state index in [9.17, 15) is 29.4 Å². The van der Waals surface area contributed by atoms with Crippen molar-refractivity contribution in [3.05, 3.63) is 74.1 Å². The fourth-order valence-electron chi connectivity index (χ4n) is 1.83. The van der Waals surface area contributed by atoms with Crippen molar-refractivity contribution in [2.75, 3.05) is 5.32 Å². The number of nitro groups is 2. The van der Waals surface area contributed by atoms with Crippen molar-refractivity contribution in [2.24, 2.45) is 0 Å². The standard InChI is InChI=1S/C14H9FN4O5S/c15-11-3-1-2-4-12(11)16-14(25)17-13(20)8-5-9(18(21)22)7-10(6-8)19(23)24/h1-7H,(H2,16,17,20,25). The van der Waals surface area contributed by atoms with Gasteiger partial charge in [0.25, 0.3) is 17.3 Å². The van der Waals surface area contributed by atoms with E-state index in [1.807, 2.05) is 0 Å². The fraction of sp³-hybridized carbons (Fsp3) is 0. The first-order chi connectivity index (χ1) is 11.8. The second kappa shape index (κ2) is 7.40. The molecule has 0 saturated carbocycles. The molecule has 1 amide bonds. The largest absolute Gasteiger partial charge is 0.330 e. The number of carbonyl (C=O) groups is 1. The number of rotatable bonds is 4. The zero-order chi connectivity index (χ0) is 18.6. The van der Waals surface area contributed by atoms with E-state index >= 15 is 0 Å². The molecule has 0 atom stereocenters. The maximum atomic E-state index is 13.5. The molecule has 9 nitrogen and oxygen atoms in total. The molecule has 0 spiro atoms. The van der Waals surface area contributed by atoms with Crippen LogP contribution in [0.5, 0.6) is 0 Å². The van der Waals surface area contributed by atoms with Crippen molar-refractivity contribution >= 4 is 40.3 Å². The molecule has 25 heavy (non-hydrogen) atoms. The van der Waals surface area contributed by atoms with Crippen LogP contribution in [0.15, 0.2) is 42.5 Å². The Morgan fingerprint density at radius 2 is 1.60 bits per heavy atom. The van der Waals surface area contributed by atoms with Crippen LogP contribution in [0.2, 0.25) is 0 Å². The van der Waals surface area contributed by atoms with Gasteiger partial charge in [0.1, 0.15) is 5.82 Å². The molecular formula is C14H9FN4O5S. The number of anilines is 1. The van der Waals surface area contributed by atoms with Gasteiger partial charge in [-0.3, -0.25) is 30.3 Å². The van der Waals surface area contributed by atoms with E-state index < -0.39 is 32.9 Å². The lowest BCUT2D eigenvalue weighted by Gasteiger charge is -2.10. The number of hydrogen-bond donors (Lipinski definition) is 2. The van der Waals surface area contributed by atoms with Gasteiger partial charge in [-0.2, -0.15) is 0 Å². The highest BCUT2D eigenvalue weighted by molar-refractivity contribution is 7.80. The number of non-ortho nitro benzene ring substituents is 2.